The molecule has 6 bridgehead atoms. The Morgan fingerprint density at radius 2 is 1.76 bits per heavy atom. The van der Waals surface area contributed by atoms with Gasteiger partial charge in [-0.2, -0.15) is 5.26 Å². The smallest absolute Gasteiger partial charge is 0.324 e. The molecule has 19 nitrogen and oxygen atoms in total. The number of thiazole rings is 1. The van der Waals surface area contributed by atoms with E-state index in [0.29, 0.717) is 95.9 Å². The third-order valence-electron chi connectivity index (χ3n) is 16.6. The minimum Gasteiger partial charge on any atom is -0.464 e. The number of carbonyl (C=O) groups is 3. The van der Waals surface area contributed by atoms with Crippen LogP contribution in [0.1, 0.15) is 101 Å². The van der Waals surface area contributed by atoms with Crippen molar-refractivity contribution in [3.8, 4) is 28.6 Å². The number of piperazine rings is 1. The quantitative estimate of drug-likeness (QED) is 0.167. The number of fused-ring (bicyclic) bond motifs is 6. The van der Waals surface area contributed by atoms with Crippen molar-refractivity contribution in [2.45, 2.75) is 127 Å². The van der Waals surface area contributed by atoms with Gasteiger partial charge in [0.2, 0.25) is 5.60 Å². The summed E-state index contributed by atoms with van der Waals surface area (Å²) >= 11 is 1.43. The number of esters is 1. The fourth-order valence-electron chi connectivity index (χ4n) is 12.1. The van der Waals surface area contributed by atoms with E-state index in [1.807, 2.05) is 11.6 Å². The number of hydrogen-bond acceptors (Lipinski definition) is 17. The third-order valence-corrected chi connectivity index (χ3v) is 17.5. The Balaban J connectivity index is 1.07. The first-order valence-corrected chi connectivity index (χ1v) is 28.5. The van der Waals surface area contributed by atoms with Gasteiger partial charge in [0, 0.05) is 125 Å². The van der Waals surface area contributed by atoms with Crippen molar-refractivity contribution in [1.82, 2.24) is 40.1 Å². The van der Waals surface area contributed by atoms with Crippen molar-refractivity contribution in [3.05, 3.63) is 52.1 Å². The molecule has 20 heteroatoms. The van der Waals surface area contributed by atoms with Crippen molar-refractivity contribution in [3.63, 3.8) is 0 Å². The van der Waals surface area contributed by atoms with Gasteiger partial charge >= 0.3 is 5.97 Å². The van der Waals surface area contributed by atoms with Crippen LogP contribution in [0.15, 0.2) is 35.8 Å². The number of aromatic nitrogens is 3. The molecule has 2 amide bonds. The average molecular weight is 1060 g/mol. The van der Waals surface area contributed by atoms with Crippen LogP contribution < -0.4 is 15.6 Å². The van der Waals surface area contributed by atoms with Crippen LogP contribution in [-0.4, -0.2) is 176 Å². The molecule has 1 saturated carbocycles. The number of nitriles is 1. The SMILES string of the molecule is CO[C@@H](C)c1ncc(N2CCN(C3CC3)CC2)cc1-c1c2c3cc(ccc3n1CCOC1CCOCC1)-c1csc(n1)[C@@H](N1CCOCC1)[C@H](NC(=O)[C@]1(C#N)CCCO1)C(=O)N1CCC[C@H](N1)C(=O)OCC(C)(C)C2. The Bertz CT molecular complexity index is 2780. The van der Waals surface area contributed by atoms with Crippen LogP contribution in [0, 0.1) is 16.7 Å². The van der Waals surface area contributed by atoms with Crippen molar-refractivity contribution in [1.29, 1.82) is 5.26 Å². The first-order valence-electron chi connectivity index (χ1n) is 27.7. The maximum absolute atomic E-state index is 15.2. The highest BCUT2D eigenvalue weighted by atomic mass is 32.1. The Morgan fingerprint density at radius 3 is 2.50 bits per heavy atom. The van der Waals surface area contributed by atoms with Gasteiger partial charge in [0.05, 0.1) is 73.6 Å². The topological polar surface area (TPSA) is 198 Å². The van der Waals surface area contributed by atoms with Crippen LogP contribution in [0.25, 0.3) is 33.4 Å². The highest BCUT2D eigenvalue weighted by molar-refractivity contribution is 7.10. The Morgan fingerprint density at radius 1 is 0.974 bits per heavy atom. The lowest BCUT2D eigenvalue weighted by Gasteiger charge is -2.41. The molecule has 0 spiro atoms. The summed E-state index contributed by atoms with van der Waals surface area (Å²) in [5.41, 5.74) is 8.52. The number of morpholine rings is 1. The van der Waals surface area contributed by atoms with Gasteiger partial charge in [-0.3, -0.25) is 34.2 Å². The molecule has 7 aliphatic rings. The molecule has 3 aromatic heterocycles. The molecule has 11 rings (SSSR count). The number of cyclic esters (lactones) is 1. The zero-order chi connectivity index (χ0) is 52.6. The van der Waals surface area contributed by atoms with Crippen LogP contribution in [0.5, 0.6) is 0 Å². The van der Waals surface area contributed by atoms with Crippen LogP contribution in [0.2, 0.25) is 0 Å². The Labute approximate surface area is 449 Å². The second-order valence-electron chi connectivity index (χ2n) is 22.4. The number of hydrogen-bond donors (Lipinski definition) is 2. The summed E-state index contributed by atoms with van der Waals surface area (Å²) in [6.07, 6.45) is 8.30. The maximum atomic E-state index is 15.2. The number of hydrazine groups is 1. The van der Waals surface area contributed by atoms with E-state index in [4.69, 9.17) is 38.4 Å². The number of pyridine rings is 1. The van der Waals surface area contributed by atoms with Crippen LogP contribution in [-0.2, 0) is 55.8 Å². The maximum Gasteiger partial charge on any atom is 0.324 e. The molecule has 2 N–H and O–H groups in total. The summed E-state index contributed by atoms with van der Waals surface area (Å²) in [7, 11) is 1.73. The van der Waals surface area contributed by atoms with Gasteiger partial charge in [-0.15, -0.1) is 11.3 Å². The van der Waals surface area contributed by atoms with Crippen LogP contribution in [0.4, 0.5) is 5.69 Å². The number of nitrogens with zero attached hydrogens (tertiary/aromatic N) is 8. The van der Waals surface area contributed by atoms with Gasteiger partial charge in [0.25, 0.3) is 11.8 Å². The summed E-state index contributed by atoms with van der Waals surface area (Å²) in [4.78, 5) is 61.9. The molecule has 5 atom stereocenters. The zero-order valence-electron chi connectivity index (χ0n) is 44.6. The van der Waals surface area contributed by atoms with Crippen LogP contribution >= 0.6 is 11.3 Å². The van der Waals surface area contributed by atoms with E-state index in [2.05, 4.69) is 81.1 Å². The molecule has 1 aliphatic carbocycles. The lowest BCUT2D eigenvalue weighted by molar-refractivity contribution is -0.156. The van der Waals surface area contributed by atoms with Crippen molar-refractivity contribution < 1.29 is 42.8 Å². The van der Waals surface area contributed by atoms with E-state index < -0.39 is 46.9 Å². The molecule has 76 heavy (non-hydrogen) atoms. The van der Waals surface area contributed by atoms with Gasteiger partial charge in [-0.1, -0.05) is 19.9 Å². The van der Waals surface area contributed by atoms with E-state index in [-0.39, 0.29) is 31.8 Å². The molecular weight excluding hydrogens is 989 g/mol. The number of benzene rings is 1. The molecule has 5 saturated heterocycles. The second-order valence-corrected chi connectivity index (χ2v) is 23.3. The van der Waals surface area contributed by atoms with E-state index >= 15 is 4.79 Å². The predicted molar refractivity (Wildman–Crippen MR) is 285 cm³/mol. The number of nitrogens with one attached hydrogen (secondary N) is 2. The molecule has 0 radical (unpaired) electrons. The molecule has 4 aromatic rings. The summed E-state index contributed by atoms with van der Waals surface area (Å²) < 4.78 is 38.8. The third kappa shape index (κ3) is 11.0. The Hall–Kier alpha value is -5.08. The minimum absolute atomic E-state index is 0.102. The molecule has 1 aromatic carbocycles. The predicted octanol–water partition coefficient (Wildman–Crippen LogP) is 5.57. The summed E-state index contributed by atoms with van der Waals surface area (Å²) in [6.45, 7) is 15.0. The lowest BCUT2D eigenvalue weighted by atomic mass is 9.84. The highest BCUT2D eigenvalue weighted by Crippen LogP contribution is 2.44. The van der Waals surface area contributed by atoms with Gasteiger partial charge in [0.15, 0.2) is 0 Å². The van der Waals surface area contributed by atoms with Crippen LogP contribution in [0.3, 0.4) is 0 Å². The lowest BCUT2D eigenvalue weighted by Crippen LogP contribution is -2.64. The summed E-state index contributed by atoms with van der Waals surface area (Å²) in [5.74, 6) is -1.59. The fourth-order valence-corrected chi connectivity index (χ4v) is 13.1. The molecule has 9 heterocycles. The van der Waals surface area contributed by atoms with Crippen molar-refractivity contribution >= 4 is 45.7 Å². The number of methoxy groups -OCH3 is 1. The number of amides is 2. The highest BCUT2D eigenvalue weighted by Gasteiger charge is 2.49. The normalized spacial score (nSPS) is 26.8. The average Bonchev–Trinajstić information content (AvgIpc) is 3.95. The number of carbonyl (C=O) groups excluding carboxylic acids is 3. The number of anilines is 1. The number of ether oxygens (including phenoxy) is 6. The van der Waals surface area contributed by atoms with E-state index in [0.717, 1.165) is 89.4 Å². The van der Waals surface area contributed by atoms with Gasteiger partial charge in [0.1, 0.15) is 23.2 Å². The van der Waals surface area contributed by atoms with Gasteiger partial charge < -0.3 is 43.2 Å². The van der Waals surface area contributed by atoms with E-state index in [1.54, 1.807) is 7.11 Å². The monoisotopic (exact) mass is 1060 g/mol. The van der Waals surface area contributed by atoms with E-state index in [9.17, 15) is 14.9 Å². The largest absolute Gasteiger partial charge is 0.464 e. The second kappa shape index (κ2) is 22.7. The zero-order valence-corrected chi connectivity index (χ0v) is 45.4. The molecule has 408 valence electrons. The fraction of sp³-hybridized carbons (Fsp3) is 0.643. The van der Waals surface area contributed by atoms with Gasteiger partial charge in [-0.25, -0.2) is 10.4 Å². The summed E-state index contributed by atoms with van der Waals surface area (Å²) in [6, 6.07) is 8.87. The molecule has 6 fully saturated rings. The van der Waals surface area contributed by atoms with Gasteiger partial charge in [-0.05, 0) is 82.1 Å². The van der Waals surface area contributed by atoms with Crippen molar-refractivity contribution in [2.24, 2.45) is 5.41 Å². The van der Waals surface area contributed by atoms with Crippen molar-refractivity contribution in [2.75, 3.05) is 104 Å². The molecular formula is C56H74N10O9S. The molecule has 6 aliphatic heterocycles. The van der Waals surface area contributed by atoms with E-state index in [1.165, 1.54) is 29.2 Å². The minimum atomic E-state index is -1.74. The Kier molecular flexibility index (Phi) is 15.8. The standard InChI is InChI=1S/C56H74N10O9S/c1-36(70-4)47-42(30-39(32-58-47)63-18-16-62(17-19-63)38-9-10-38)49-43-31-55(2,3)35-74-53(68)44-7-5-15-66(61-44)52(67)48(60-54(69)56(34-57)14-6-23-75-56)50(64-20-26-72-27-21-64)51-59-45(33-76-51)37-8-11-46(41(43)29-37)65(49)22-28-73-40-12-24-71-25-13-40/h8,11,29-30,32-33,36,38,40,44,48,50,61H,5-7,9-10,12-28,31,35H2,1-4H3,(H,60,69)/t36-,44-,48-,50-,56+/m0/s1. The molecule has 0 unspecified atom stereocenters. The first kappa shape index (κ1) is 52.9. The number of rotatable bonds is 12. The summed E-state index contributed by atoms with van der Waals surface area (Å²) in [5, 5.41) is 18.5. The first-order chi connectivity index (χ1) is 36.9.